The lowest BCUT2D eigenvalue weighted by Gasteiger charge is -2.58. The number of ether oxygens (including phenoxy) is 4. The van der Waals surface area contributed by atoms with Crippen molar-refractivity contribution >= 4 is 11.9 Å². The van der Waals surface area contributed by atoms with E-state index in [2.05, 4.69) is 0 Å². The normalized spacial score (nSPS) is 50.3. The Hall–Kier alpha value is -1.14. The van der Waals surface area contributed by atoms with Crippen LogP contribution < -0.4 is 0 Å². The van der Waals surface area contributed by atoms with Gasteiger partial charge in [0, 0.05) is 14.2 Å². The van der Waals surface area contributed by atoms with Crippen LogP contribution in [-0.4, -0.2) is 51.6 Å². The summed E-state index contributed by atoms with van der Waals surface area (Å²) in [5.41, 5.74) is -0.477. The van der Waals surface area contributed by atoms with Crippen LogP contribution in [-0.2, 0) is 28.5 Å². The minimum Gasteiger partial charge on any atom is -0.465 e. The first-order chi connectivity index (χ1) is 18.4. The van der Waals surface area contributed by atoms with Gasteiger partial charge < -0.3 is 18.9 Å². The first kappa shape index (κ1) is 25.8. The van der Waals surface area contributed by atoms with E-state index in [1.165, 1.54) is 25.7 Å². The number of rotatable bonds is 8. The molecule has 9 fully saturated rings. The van der Waals surface area contributed by atoms with Crippen LogP contribution in [0.2, 0.25) is 0 Å². The zero-order valence-electron chi connectivity index (χ0n) is 23.5. The Morgan fingerprint density at radius 2 is 0.921 bits per heavy atom. The lowest BCUT2D eigenvalue weighted by atomic mass is 9.48. The highest BCUT2D eigenvalue weighted by Gasteiger charge is 2.60. The molecule has 0 aliphatic heterocycles. The minimum absolute atomic E-state index is 0.0776. The van der Waals surface area contributed by atoms with Gasteiger partial charge in [0.1, 0.15) is 0 Å². The highest BCUT2D eigenvalue weighted by molar-refractivity contribution is 5.78. The Morgan fingerprint density at radius 1 is 0.579 bits per heavy atom. The number of carbonyl (C=O) groups is 2. The van der Waals surface area contributed by atoms with Crippen LogP contribution >= 0.6 is 0 Å². The van der Waals surface area contributed by atoms with Gasteiger partial charge in [-0.15, -0.1) is 0 Å². The van der Waals surface area contributed by atoms with Crippen LogP contribution in [0.25, 0.3) is 0 Å². The van der Waals surface area contributed by atoms with Crippen molar-refractivity contribution in [2.75, 3.05) is 27.4 Å². The zero-order valence-corrected chi connectivity index (χ0v) is 23.5. The maximum atomic E-state index is 13.4. The van der Waals surface area contributed by atoms with E-state index < -0.39 is 0 Å². The molecule has 6 heteroatoms. The smallest absolute Gasteiger partial charge is 0.312 e. The van der Waals surface area contributed by atoms with E-state index in [1.807, 2.05) is 14.2 Å². The van der Waals surface area contributed by atoms with Crippen molar-refractivity contribution in [2.24, 2.45) is 58.2 Å². The van der Waals surface area contributed by atoms with Gasteiger partial charge in [-0.3, -0.25) is 9.59 Å². The van der Waals surface area contributed by atoms with Gasteiger partial charge in [0.25, 0.3) is 0 Å². The van der Waals surface area contributed by atoms with Gasteiger partial charge in [0.05, 0.1) is 36.3 Å². The standard InChI is InChI=1S/C32H48O6/c1-35-27-23-7-21-8-24(27)14-31(11-21,13-23)29(33)37-17-19-3-5-20(6-4-19)18-38-30(34)32-12-22-9-25(15-32)28(36-2)26(10-22)16-32/h19-28H,3-18H2,1-2H3. The van der Waals surface area contributed by atoms with E-state index in [0.29, 0.717) is 72.8 Å². The molecular weight excluding hydrogens is 480 g/mol. The Kier molecular flexibility index (Phi) is 6.62. The molecule has 9 aliphatic rings. The molecular formula is C32H48O6. The summed E-state index contributed by atoms with van der Waals surface area (Å²) in [6.07, 6.45) is 15.8. The van der Waals surface area contributed by atoms with E-state index in [0.717, 1.165) is 64.2 Å². The molecule has 4 unspecified atom stereocenters. The van der Waals surface area contributed by atoms with Crippen LogP contribution in [0.3, 0.4) is 0 Å². The second-order valence-corrected chi connectivity index (χ2v) is 15.0. The second-order valence-electron chi connectivity index (χ2n) is 15.0. The Bertz CT molecular complexity index is 817. The number of hydrogen-bond donors (Lipinski definition) is 0. The molecule has 6 nitrogen and oxygen atoms in total. The molecule has 0 aromatic heterocycles. The zero-order chi connectivity index (χ0) is 26.1. The molecule has 38 heavy (non-hydrogen) atoms. The molecule has 4 atom stereocenters. The average Bonchev–Trinajstić information content (AvgIpc) is 2.90. The van der Waals surface area contributed by atoms with Crippen molar-refractivity contribution in [3.63, 3.8) is 0 Å². The third-order valence-electron chi connectivity index (χ3n) is 12.7. The number of hydrogen-bond acceptors (Lipinski definition) is 6. The maximum absolute atomic E-state index is 13.4. The van der Waals surface area contributed by atoms with Gasteiger partial charge >= 0.3 is 11.9 Å². The van der Waals surface area contributed by atoms with Gasteiger partial charge in [-0.05, 0) is 137 Å². The first-order valence-electron chi connectivity index (χ1n) is 15.8. The molecule has 212 valence electrons. The summed E-state index contributed by atoms with van der Waals surface area (Å²) in [4.78, 5) is 26.7. The molecule has 0 spiro atoms. The molecule has 9 saturated carbocycles. The van der Waals surface area contributed by atoms with Gasteiger partial charge in [-0.25, -0.2) is 0 Å². The van der Waals surface area contributed by atoms with Crippen LogP contribution in [0, 0.1) is 58.2 Å². The van der Waals surface area contributed by atoms with Crippen molar-refractivity contribution in [3.05, 3.63) is 0 Å². The molecule has 8 bridgehead atoms. The summed E-state index contributed by atoms with van der Waals surface area (Å²) in [5, 5.41) is 0. The van der Waals surface area contributed by atoms with E-state index in [9.17, 15) is 9.59 Å². The summed E-state index contributed by atoms with van der Waals surface area (Å²) < 4.78 is 23.8. The third kappa shape index (κ3) is 4.26. The van der Waals surface area contributed by atoms with E-state index in [4.69, 9.17) is 18.9 Å². The van der Waals surface area contributed by atoms with Crippen molar-refractivity contribution < 1.29 is 28.5 Å². The Labute approximate surface area is 228 Å². The Balaban J connectivity index is 0.860. The summed E-state index contributed by atoms with van der Waals surface area (Å²) in [6, 6.07) is 0. The number of esters is 2. The topological polar surface area (TPSA) is 71.1 Å². The van der Waals surface area contributed by atoms with Crippen molar-refractivity contribution in [1.82, 2.24) is 0 Å². The van der Waals surface area contributed by atoms with Crippen LogP contribution in [0.1, 0.15) is 89.9 Å². The summed E-state index contributed by atoms with van der Waals surface area (Å²) in [5.74, 6) is 4.57. The fraction of sp³-hybridized carbons (Fsp3) is 0.938. The van der Waals surface area contributed by atoms with E-state index in [-0.39, 0.29) is 22.8 Å². The second kappa shape index (κ2) is 9.75. The highest BCUT2D eigenvalue weighted by Crippen LogP contribution is 2.62. The average molecular weight is 529 g/mol. The molecule has 0 amide bonds. The first-order valence-corrected chi connectivity index (χ1v) is 15.8. The molecule has 0 heterocycles. The molecule has 0 saturated heterocycles. The lowest BCUT2D eigenvalue weighted by Crippen LogP contribution is -2.57. The molecule has 0 aromatic rings. The van der Waals surface area contributed by atoms with Crippen molar-refractivity contribution in [1.29, 1.82) is 0 Å². The molecule has 9 rings (SSSR count). The van der Waals surface area contributed by atoms with Gasteiger partial charge in [0.15, 0.2) is 0 Å². The van der Waals surface area contributed by atoms with Crippen LogP contribution in [0.15, 0.2) is 0 Å². The SMILES string of the molecule is COC1C2CC3CC1CC(C(=O)OCC1CCC(COC(=O)C45CC6CC(C4)C(OC)C(C6)C5)CC1)(C3)C2. The van der Waals surface area contributed by atoms with E-state index in [1.54, 1.807) is 0 Å². The Morgan fingerprint density at radius 3 is 1.24 bits per heavy atom. The quantitative estimate of drug-likeness (QED) is 0.384. The molecule has 0 aromatic carbocycles. The lowest BCUT2D eigenvalue weighted by molar-refractivity contribution is -0.190. The third-order valence-corrected chi connectivity index (χ3v) is 12.7. The van der Waals surface area contributed by atoms with Gasteiger partial charge in [-0.2, -0.15) is 0 Å². The van der Waals surface area contributed by atoms with E-state index >= 15 is 0 Å². The fourth-order valence-corrected chi connectivity index (χ4v) is 11.5. The summed E-state index contributed by atoms with van der Waals surface area (Å²) in [6.45, 7) is 1.13. The minimum atomic E-state index is -0.239. The maximum Gasteiger partial charge on any atom is 0.312 e. The molecule has 9 aliphatic carbocycles. The largest absolute Gasteiger partial charge is 0.465 e. The predicted octanol–water partition coefficient (Wildman–Crippen LogP) is 5.56. The monoisotopic (exact) mass is 528 g/mol. The number of carbonyl (C=O) groups excluding carboxylic acids is 2. The highest BCUT2D eigenvalue weighted by atomic mass is 16.5. The van der Waals surface area contributed by atoms with Crippen LogP contribution in [0.5, 0.6) is 0 Å². The molecule has 0 radical (unpaired) electrons. The van der Waals surface area contributed by atoms with Gasteiger partial charge in [-0.1, -0.05) is 0 Å². The summed E-state index contributed by atoms with van der Waals surface area (Å²) in [7, 11) is 3.69. The van der Waals surface area contributed by atoms with Crippen LogP contribution in [0.4, 0.5) is 0 Å². The molecule has 0 N–H and O–H groups in total. The number of methoxy groups -OCH3 is 2. The fourth-order valence-electron chi connectivity index (χ4n) is 11.5. The predicted molar refractivity (Wildman–Crippen MR) is 141 cm³/mol. The van der Waals surface area contributed by atoms with Crippen molar-refractivity contribution in [3.8, 4) is 0 Å². The van der Waals surface area contributed by atoms with Crippen molar-refractivity contribution in [2.45, 2.75) is 102 Å². The summed E-state index contributed by atoms with van der Waals surface area (Å²) >= 11 is 0. The van der Waals surface area contributed by atoms with Gasteiger partial charge in [0.2, 0.25) is 0 Å².